The van der Waals surface area contributed by atoms with Crippen LogP contribution in [0.2, 0.25) is 0 Å². The molecule has 0 aliphatic heterocycles. The molecule has 0 heterocycles. The van der Waals surface area contributed by atoms with Crippen LogP contribution in [0, 0.1) is 0 Å². The van der Waals surface area contributed by atoms with Gasteiger partial charge in [-0.15, -0.1) is 12.4 Å². The molecular weight excluding hydrogens is 340 g/mol. The lowest BCUT2D eigenvalue weighted by Crippen LogP contribution is -1.93. The summed E-state index contributed by atoms with van der Waals surface area (Å²) in [7, 11) is 0. The summed E-state index contributed by atoms with van der Waals surface area (Å²) in [6, 6.07) is 0. The molecule has 152 valence electrons. The van der Waals surface area contributed by atoms with Crippen molar-refractivity contribution in [1.29, 1.82) is 0 Å². The van der Waals surface area contributed by atoms with Gasteiger partial charge in [-0.3, -0.25) is 9.59 Å². The Morgan fingerprint density at radius 3 is 1.08 bits per heavy atom. The number of unbranched alkanes of at least 4 members (excludes halogenated alkanes) is 14. The Bertz CT molecular complexity index is 279. The van der Waals surface area contributed by atoms with Gasteiger partial charge in [0.05, 0.1) is 0 Å². The highest BCUT2D eigenvalue weighted by atomic mass is 35.5. The number of carboxylic acid groups (broad SMARTS) is 2. The zero-order valence-electron chi connectivity index (χ0n) is 16.4. The van der Waals surface area contributed by atoms with Crippen molar-refractivity contribution in [3.63, 3.8) is 0 Å². The average Bonchev–Trinajstić information content (AvgIpc) is 2.50. The highest BCUT2D eigenvalue weighted by molar-refractivity contribution is 5.85. The topological polar surface area (TPSA) is 74.6 Å². The van der Waals surface area contributed by atoms with Crippen molar-refractivity contribution in [2.45, 2.75) is 117 Å². The van der Waals surface area contributed by atoms with Crippen LogP contribution in [-0.4, -0.2) is 22.2 Å². The van der Waals surface area contributed by atoms with Crippen LogP contribution in [-0.2, 0) is 9.59 Å². The molecule has 0 unspecified atom stereocenters. The number of halogens is 1. The van der Waals surface area contributed by atoms with Crippen LogP contribution in [0.25, 0.3) is 0 Å². The lowest BCUT2D eigenvalue weighted by Gasteiger charge is -2.03. The van der Waals surface area contributed by atoms with E-state index >= 15 is 0 Å². The van der Waals surface area contributed by atoms with Gasteiger partial charge in [0.1, 0.15) is 0 Å². The molecule has 0 aliphatic carbocycles. The summed E-state index contributed by atoms with van der Waals surface area (Å²) >= 11 is 0. The van der Waals surface area contributed by atoms with Crippen LogP contribution in [0.3, 0.4) is 0 Å². The molecule has 0 aliphatic rings. The normalized spacial score (nSPS) is 9.68. The number of rotatable bonds is 16. The minimum atomic E-state index is -0.833. The molecule has 0 saturated carbocycles. The summed E-state index contributed by atoms with van der Waals surface area (Å²) < 4.78 is 0. The van der Waals surface area contributed by atoms with Crippen LogP contribution in [0.15, 0.2) is 0 Å². The Balaban J connectivity index is -0.000000867. The van der Waals surface area contributed by atoms with Crippen molar-refractivity contribution in [2.24, 2.45) is 0 Å². The molecule has 0 spiro atoms. The second-order valence-electron chi connectivity index (χ2n) is 6.61. The Morgan fingerprint density at radius 1 is 0.600 bits per heavy atom. The predicted molar refractivity (Wildman–Crippen MR) is 108 cm³/mol. The highest BCUT2D eigenvalue weighted by Gasteiger charge is 1.97. The summed E-state index contributed by atoms with van der Waals surface area (Å²) in [5, 5.41) is 15.9. The van der Waals surface area contributed by atoms with E-state index in [1.165, 1.54) is 83.5 Å². The van der Waals surface area contributed by atoms with Gasteiger partial charge in [0.25, 0.3) is 5.97 Å². The number of carbonyl (C=O) groups is 2. The van der Waals surface area contributed by atoms with E-state index in [2.05, 4.69) is 6.92 Å². The first-order chi connectivity index (χ1) is 11.5. The minimum Gasteiger partial charge on any atom is -0.481 e. The molecule has 2 N–H and O–H groups in total. The number of aliphatic carboxylic acids is 2. The van der Waals surface area contributed by atoms with E-state index in [4.69, 9.17) is 15.0 Å². The van der Waals surface area contributed by atoms with Crippen molar-refractivity contribution < 1.29 is 19.8 Å². The summed E-state index contributed by atoms with van der Waals surface area (Å²) in [5.74, 6) is -1.49. The SMILES string of the molecule is CC(=O)O.CCCCCCCCCCCCCCCCCC(=O)O.Cl. The number of hydrogen-bond donors (Lipinski definition) is 2. The van der Waals surface area contributed by atoms with Gasteiger partial charge in [-0.05, 0) is 6.42 Å². The standard InChI is InChI=1S/C18H36O2.C2H4O2.ClH/c1-2-3-4-5-6-7-8-9-10-11-12-13-14-15-16-17-18(19)20;1-2(3)4;/h2-17H2,1H3,(H,19,20);1H3,(H,3,4);1H. The van der Waals surface area contributed by atoms with Crippen molar-refractivity contribution in [2.75, 3.05) is 0 Å². The van der Waals surface area contributed by atoms with Gasteiger partial charge >= 0.3 is 5.97 Å². The molecule has 0 aromatic rings. The minimum absolute atomic E-state index is 0. The molecule has 0 aromatic carbocycles. The van der Waals surface area contributed by atoms with E-state index in [0.29, 0.717) is 6.42 Å². The summed E-state index contributed by atoms with van der Waals surface area (Å²) in [6.45, 7) is 3.35. The van der Waals surface area contributed by atoms with Gasteiger partial charge in [0, 0.05) is 13.3 Å². The molecule has 0 bridgehead atoms. The summed E-state index contributed by atoms with van der Waals surface area (Å²) in [5.41, 5.74) is 0. The molecule has 0 saturated heterocycles. The van der Waals surface area contributed by atoms with Gasteiger partial charge in [-0.2, -0.15) is 0 Å². The first-order valence-corrected chi connectivity index (χ1v) is 9.92. The van der Waals surface area contributed by atoms with Crippen LogP contribution in [0.4, 0.5) is 0 Å². The second-order valence-corrected chi connectivity index (χ2v) is 6.61. The van der Waals surface area contributed by atoms with E-state index in [1.54, 1.807) is 0 Å². The fraction of sp³-hybridized carbons (Fsp3) is 0.900. The largest absolute Gasteiger partial charge is 0.481 e. The molecule has 0 fully saturated rings. The van der Waals surface area contributed by atoms with Crippen molar-refractivity contribution in [3.05, 3.63) is 0 Å². The van der Waals surface area contributed by atoms with Crippen LogP contribution in [0.1, 0.15) is 117 Å². The molecule has 0 amide bonds. The zero-order chi connectivity index (χ0) is 18.5. The highest BCUT2D eigenvalue weighted by Crippen LogP contribution is 2.13. The Kier molecular flexibility index (Phi) is 29.6. The van der Waals surface area contributed by atoms with E-state index < -0.39 is 11.9 Å². The van der Waals surface area contributed by atoms with E-state index in [9.17, 15) is 4.79 Å². The fourth-order valence-electron chi connectivity index (χ4n) is 2.65. The maximum atomic E-state index is 10.3. The summed E-state index contributed by atoms with van der Waals surface area (Å²) in [6.07, 6.45) is 20.2. The molecule has 0 aromatic heterocycles. The van der Waals surface area contributed by atoms with Gasteiger partial charge < -0.3 is 10.2 Å². The lowest BCUT2D eigenvalue weighted by molar-refractivity contribution is -0.137. The molecule has 4 nitrogen and oxygen atoms in total. The Morgan fingerprint density at radius 2 is 0.840 bits per heavy atom. The number of carboxylic acids is 2. The van der Waals surface area contributed by atoms with Crippen molar-refractivity contribution in [1.82, 2.24) is 0 Å². The maximum absolute atomic E-state index is 10.3. The lowest BCUT2D eigenvalue weighted by atomic mass is 10.0. The second kappa shape index (κ2) is 25.5. The van der Waals surface area contributed by atoms with Gasteiger partial charge in [0.2, 0.25) is 0 Å². The van der Waals surface area contributed by atoms with Gasteiger partial charge in [-0.25, -0.2) is 0 Å². The van der Waals surface area contributed by atoms with E-state index in [0.717, 1.165) is 19.8 Å². The molecule has 0 atom stereocenters. The molecule has 0 rings (SSSR count). The first-order valence-electron chi connectivity index (χ1n) is 9.92. The molecule has 25 heavy (non-hydrogen) atoms. The van der Waals surface area contributed by atoms with Crippen LogP contribution in [0.5, 0.6) is 0 Å². The maximum Gasteiger partial charge on any atom is 0.303 e. The monoisotopic (exact) mass is 380 g/mol. The summed E-state index contributed by atoms with van der Waals surface area (Å²) in [4.78, 5) is 19.3. The fourth-order valence-corrected chi connectivity index (χ4v) is 2.65. The number of hydrogen-bond acceptors (Lipinski definition) is 2. The third-order valence-electron chi connectivity index (χ3n) is 3.99. The average molecular weight is 381 g/mol. The predicted octanol–water partition coefficient (Wildman–Crippen LogP) is 6.85. The van der Waals surface area contributed by atoms with Crippen LogP contribution >= 0.6 is 12.4 Å². The Hall–Kier alpha value is -0.770. The third-order valence-corrected chi connectivity index (χ3v) is 3.99. The quantitative estimate of drug-likeness (QED) is 0.287. The molecule has 0 radical (unpaired) electrons. The van der Waals surface area contributed by atoms with E-state index in [1.807, 2.05) is 0 Å². The molecular formula is C20H41ClO4. The Labute approximate surface area is 161 Å². The van der Waals surface area contributed by atoms with Gasteiger partial charge in [-0.1, -0.05) is 96.8 Å². The third kappa shape index (κ3) is 39.7. The molecule has 5 heteroatoms. The van der Waals surface area contributed by atoms with Gasteiger partial charge in [0.15, 0.2) is 0 Å². The first kappa shape index (κ1) is 29.0. The smallest absolute Gasteiger partial charge is 0.303 e. The van der Waals surface area contributed by atoms with E-state index in [-0.39, 0.29) is 12.4 Å². The zero-order valence-corrected chi connectivity index (χ0v) is 17.2. The van der Waals surface area contributed by atoms with Crippen molar-refractivity contribution in [3.8, 4) is 0 Å². The van der Waals surface area contributed by atoms with Crippen molar-refractivity contribution >= 4 is 24.3 Å². The van der Waals surface area contributed by atoms with Crippen LogP contribution < -0.4 is 0 Å².